The zero-order valence-corrected chi connectivity index (χ0v) is 8.94. The number of carbonyl (C=O) groups excluding carboxylic acids is 1. The van der Waals surface area contributed by atoms with E-state index < -0.39 is 42.5 Å². The lowest BCUT2D eigenvalue weighted by Crippen LogP contribution is -2.66. The van der Waals surface area contributed by atoms with Crippen molar-refractivity contribution in [1.29, 1.82) is 0 Å². The Labute approximate surface area is 95.9 Å². The number of aliphatic hydroxyl groups excluding tert-OH is 4. The lowest BCUT2D eigenvalue weighted by molar-refractivity contribution is -0.199. The summed E-state index contributed by atoms with van der Waals surface area (Å²) in [5.41, 5.74) is -3.17. The molecule has 1 amide bonds. The Morgan fingerprint density at radius 3 is 2.06 bits per heavy atom. The summed E-state index contributed by atoms with van der Waals surface area (Å²) in [5.74, 6) is -3.00. The fourth-order valence-electron chi connectivity index (χ4n) is 1.09. The Morgan fingerprint density at radius 1 is 1.29 bits per heavy atom. The fourth-order valence-corrected chi connectivity index (χ4v) is 1.09. The number of carbonyl (C=O) groups is 2. The molecule has 0 spiro atoms. The van der Waals surface area contributed by atoms with Crippen molar-refractivity contribution in [2.45, 2.75) is 31.0 Å². The predicted octanol–water partition coefficient (Wildman–Crippen LogP) is -4.03. The Balaban J connectivity index is 5.06. The van der Waals surface area contributed by atoms with Gasteiger partial charge < -0.3 is 36.0 Å². The molecule has 100 valence electrons. The van der Waals surface area contributed by atoms with Crippen molar-refractivity contribution in [3.8, 4) is 0 Å². The first-order chi connectivity index (χ1) is 7.66. The molecule has 9 heteroatoms. The average molecular weight is 253 g/mol. The number of carboxylic acid groups (broad SMARTS) is 1. The van der Waals surface area contributed by atoms with Gasteiger partial charge in [-0.2, -0.15) is 0 Å². The third kappa shape index (κ3) is 3.61. The molecule has 7 N–H and O–H groups in total. The molecular formula is C8H15NO8. The van der Waals surface area contributed by atoms with Gasteiger partial charge in [0, 0.05) is 6.92 Å². The molecule has 17 heavy (non-hydrogen) atoms. The van der Waals surface area contributed by atoms with Crippen LogP contribution in [0, 0.1) is 0 Å². The zero-order valence-electron chi connectivity index (χ0n) is 8.94. The minimum Gasteiger partial charge on any atom is -0.478 e. The van der Waals surface area contributed by atoms with Crippen LogP contribution < -0.4 is 5.32 Å². The van der Waals surface area contributed by atoms with Crippen molar-refractivity contribution in [3.63, 3.8) is 0 Å². The lowest BCUT2D eigenvalue weighted by Gasteiger charge is -2.33. The maximum absolute atomic E-state index is 10.7. The monoisotopic (exact) mass is 253 g/mol. The minimum absolute atomic E-state index is 0.884. The van der Waals surface area contributed by atoms with Crippen molar-refractivity contribution < 1.29 is 40.2 Å². The quantitative estimate of drug-likeness (QED) is 0.235. The number of aliphatic carboxylic acids is 1. The van der Waals surface area contributed by atoms with Crippen LogP contribution >= 0.6 is 0 Å². The summed E-state index contributed by atoms with van der Waals surface area (Å²) in [6.45, 7) is -0.0799. The molecule has 0 aromatic heterocycles. The summed E-state index contributed by atoms with van der Waals surface area (Å²) in [7, 11) is 0. The van der Waals surface area contributed by atoms with Gasteiger partial charge in [0.05, 0.1) is 6.61 Å². The van der Waals surface area contributed by atoms with Crippen LogP contribution in [0.1, 0.15) is 6.92 Å². The smallest absolute Gasteiger partial charge is 0.360 e. The number of carboxylic acids is 1. The van der Waals surface area contributed by atoms with E-state index >= 15 is 0 Å². The van der Waals surface area contributed by atoms with E-state index in [9.17, 15) is 24.9 Å². The van der Waals surface area contributed by atoms with E-state index in [1.165, 1.54) is 5.32 Å². The van der Waals surface area contributed by atoms with Gasteiger partial charge in [0.1, 0.15) is 18.3 Å². The number of aliphatic hydroxyl groups is 5. The average Bonchev–Trinajstić information content (AvgIpc) is 2.24. The van der Waals surface area contributed by atoms with Crippen LogP contribution in [0.3, 0.4) is 0 Å². The van der Waals surface area contributed by atoms with E-state index in [0.29, 0.717) is 0 Å². The van der Waals surface area contributed by atoms with E-state index in [1.54, 1.807) is 0 Å². The summed E-state index contributed by atoms with van der Waals surface area (Å²) in [4.78, 5) is 21.4. The normalized spacial score (nSPS) is 19.9. The minimum atomic E-state index is -3.17. The van der Waals surface area contributed by atoms with Crippen LogP contribution in [-0.2, 0) is 9.59 Å². The molecule has 0 radical (unpaired) electrons. The molecular weight excluding hydrogens is 238 g/mol. The standard InChI is InChI=1S/C8H15NO8/c1-3(11)9-8(17,7(15)16)6(14)5(13)4(12)2-10/h4-6,10,12-14,17H,2H2,1H3,(H,9,11)(H,15,16)/t4-,5+,6-,8-/m1/s1. The van der Waals surface area contributed by atoms with Crippen molar-refractivity contribution >= 4 is 11.9 Å². The van der Waals surface area contributed by atoms with Gasteiger partial charge in [-0.25, -0.2) is 4.79 Å². The summed E-state index contributed by atoms with van der Waals surface area (Å²) >= 11 is 0. The van der Waals surface area contributed by atoms with Crippen LogP contribution in [0.4, 0.5) is 0 Å². The molecule has 0 aromatic rings. The molecule has 0 aliphatic heterocycles. The van der Waals surface area contributed by atoms with Crippen molar-refractivity contribution in [2.24, 2.45) is 0 Å². The van der Waals surface area contributed by atoms with E-state index in [0.717, 1.165) is 6.92 Å². The molecule has 0 heterocycles. The topological polar surface area (TPSA) is 168 Å². The van der Waals surface area contributed by atoms with Crippen molar-refractivity contribution in [1.82, 2.24) is 5.32 Å². The molecule has 0 bridgehead atoms. The van der Waals surface area contributed by atoms with E-state index in [2.05, 4.69) is 0 Å². The molecule has 9 nitrogen and oxygen atoms in total. The number of hydrogen-bond donors (Lipinski definition) is 7. The second kappa shape index (κ2) is 5.89. The van der Waals surface area contributed by atoms with E-state index in [4.69, 9.17) is 15.3 Å². The molecule has 0 aliphatic carbocycles. The highest BCUT2D eigenvalue weighted by Crippen LogP contribution is 2.14. The summed E-state index contributed by atoms with van der Waals surface area (Å²) in [5, 5.41) is 55.9. The highest BCUT2D eigenvalue weighted by atomic mass is 16.4. The number of rotatable bonds is 6. The molecule has 0 unspecified atom stereocenters. The van der Waals surface area contributed by atoms with Gasteiger partial charge in [-0.1, -0.05) is 0 Å². The first-order valence-corrected chi connectivity index (χ1v) is 4.56. The highest BCUT2D eigenvalue weighted by Gasteiger charge is 2.49. The first-order valence-electron chi connectivity index (χ1n) is 4.56. The molecule has 0 saturated carbocycles. The van der Waals surface area contributed by atoms with Crippen LogP contribution in [-0.4, -0.2) is 73.2 Å². The Hall–Kier alpha value is -1.26. The third-order valence-electron chi connectivity index (χ3n) is 2.03. The maximum atomic E-state index is 10.7. The molecule has 0 saturated heterocycles. The van der Waals surface area contributed by atoms with E-state index in [1.807, 2.05) is 0 Å². The molecule has 0 fully saturated rings. The second-order valence-corrected chi connectivity index (χ2v) is 3.44. The SMILES string of the molecule is CC(=O)N[C@](O)(C(=O)O)[C@H](O)[C@@H](O)[C@H](O)CO. The molecule has 0 rings (SSSR count). The maximum Gasteiger partial charge on any atom is 0.360 e. The zero-order chi connectivity index (χ0) is 13.8. The van der Waals surface area contributed by atoms with E-state index in [-0.39, 0.29) is 0 Å². The van der Waals surface area contributed by atoms with Crippen molar-refractivity contribution in [3.05, 3.63) is 0 Å². The molecule has 0 aliphatic rings. The lowest BCUT2D eigenvalue weighted by atomic mass is 9.97. The van der Waals surface area contributed by atoms with Crippen LogP contribution in [0.5, 0.6) is 0 Å². The summed E-state index contributed by atoms with van der Waals surface area (Å²) in [6.07, 6.45) is -6.45. The second-order valence-electron chi connectivity index (χ2n) is 3.44. The van der Waals surface area contributed by atoms with Crippen LogP contribution in [0.15, 0.2) is 0 Å². The highest BCUT2D eigenvalue weighted by molar-refractivity contribution is 5.85. The van der Waals surface area contributed by atoms with Gasteiger partial charge in [-0.15, -0.1) is 0 Å². The first kappa shape index (κ1) is 15.7. The van der Waals surface area contributed by atoms with Crippen molar-refractivity contribution in [2.75, 3.05) is 6.61 Å². The van der Waals surface area contributed by atoms with Crippen LogP contribution in [0.2, 0.25) is 0 Å². The van der Waals surface area contributed by atoms with Gasteiger partial charge >= 0.3 is 5.97 Å². The van der Waals surface area contributed by atoms with Gasteiger partial charge in [0.15, 0.2) is 0 Å². The van der Waals surface area contributed by atoms with Gasteiger partial charge in [-0.3, -0.25) is 4.79 Å². The number of amides is 1. The third-order valence-corrected chi connectivity index (χ3v) is 2.03. The Kier molecular flexibility index (Phi) is 5.45. The fraction of sp³-hybridized carbons (Fsp3) is 0.750. The largest absolute Gasteiger partial charge is 0.478 e. The predicted molar refractivity (Wildman–Crippen MR) is 51.5 cm³/mol. The number of hydrogen-bond acceptors (Lipinski definition) is 7. The van der Waals surface area contributed by atoms with Crippen LogP contribution in [0.25, 0.3) is 0 Å². The van der Waals surface area contributed by atoms with Gasteiger partial charge in [-0.05, 0) is 0 Å². The molecule has 0 aromatic carbocycles. The van der Waals surface area contributed by atoms with Gasteiger partial charge in [0.25, 0.3) is 5.72 Å². The Morgan fingerprint density at radius 2 is 1.76 bits per heavy atom. The Bertz CT molecular complexity index is 295. The molecule has 4 atom stereocenters. The summed E-state index contributed by atoms with van der Waals surface area (Å²) < 4.78 is 0. The summed E-state index contributed by atoms with van der Waals surface area (Å²) in [6, 6.07) is 0. The number of nitrogens with one attached hydrogen (secondary N) is 1. The van der Waals surface area contributed by atoms with Gasteiger partial charge in [0.2, 0.25) is 5.91 Å².